The molecule has 0 aromatic carbocycles. The Balaban J connectivity index is 2.16. The number of methoxy groups -OCH3 is 1. The molecule has 0 N–H and O–H groups in total. The van der Waals surface area contributed by atoms with Crippen LogP contribution < -0.4 is 0 Å². The minimum absolute atomic E-state index is 0.0875. The van der Waals surface area contributed by atoms with Gasteiger partial charge in [0, 0.05) is 32.0 Å². The van der Waals surface area contributed by atoms with Gasteiger partial charge < -0.3 is 14.2 Å². The summed E-state index contributed by atoms with van der Waals surface area (Å²) in [5.41, 5.74) is 1.19. The molecule has 1 unspecified atom stereocenters. The van der Waals surface area contributed by atoms with Gasteiger partial charge in [0.15, 0.2) is 0 Å². The molecule has 1 aliphatic rings. The maximum atomic E-state index is 12.0. The molecule has 1 atom stereocenters. The summed E-state index contributed by atoms with van der Waals surface area (Å²) in [6.45, 7) is 4.25. The van der Waals surface area contributed by atoms with Crippen molar-refractivity contribution in [2.75, 3.05) is 13.7 Å². The van der Waals surface area contributed by atoms with Gasteiger partial charge in [-0.2, -0.15) is 0 Å². The third kappa shape index (κ3) is 2.69. The van der Waals surface area contributed by atoms with Gasteiger partial charge in [0.1, 0.15) is 0 Å². The lowest BCUT2D eigenvalue weighted by atomic mass is 10.2. The third-order valence-corrected chi connectivity index (χ3v) is 3.25. The minimum atomic E-state index is 0.0875. The number of carbonyl (C=O) groups is 1. The molecule has 0 spiro atoms. The highest BCUT2D eigenvalue weighted by atomic mass is 16.5. The van der Waals surface area contributed by atoms with E-state index in [2.05, 4.69) is 16.8 Å². The van der Waals surface area contributed by atoms with Crippen LogP contribution in [0.2, 0.25) is 0 Å². The monoisotopic (exact) mass is 236 g/mol. The molecule has 0 radical (unpaired) electrons. The molecule has 1 amide bonds. The molecule has 0 saturated heterocycles. The van der Waals surface area contributed by atoms with Crippen LogP contribution in [0.5, 0.6) is 0 Å². The topological polar surface area (TPSA) is 34.5 Å². The van der Waals surface area contributed by atoms with Crippen LogP contribution in [0.15, 0.2) is 18.3 Å². The van der Waals surface area contributed by atoms with Gasteiger partial charge in [0.2, 0.25) is 5.91 Å². The predicted octanol–water partition coefficient (Wildman–Crippen LogP) is 1.65. The number of fused-ring (bicyclic) bond motifs is 1. The SMILES string of the molecule is CCCC(=O)N1Cc2cccn2CC(OC)C1. The molecule has 0 bridgehead atoms. The molecule has 4 heteroatoms. The molecule has 2 rings (SSSR count). The van der Waals surface area contributed by atoms with E-state index in [1.807, 2.05) is 17.9 Å². The number of nitrogens with zero attached hydrogens (tertiary/aromatic N) is 2. The summed E-state index contributed by atoms with van der Waals surface area (Å²) < 4.78 is 7.62. The van der Waals surface area contributed by atoms with Crippen molar-refractivity contribution in [2.45, 2.75) is 39.0 Å². The Morgan fingerprint density at radius 1 is 1.53 bits per heavy atom. The first-order valence-electron chi connectivity index (χ1n) is 6.19. The van der Waals surface area contributed by atoms with Gasteiger partial charge in [-0.3, -0.25) is 4.79 Å². The zero-order chi connectivity index (χ0) is 12.3. The summed E-state index contributed by atoms with van der Waals surface area (Å²) in [5, 5.41) is 0. The molecule has 1 aromatic heterocycles. The van der Waals surface area contributed by atoms with Crippen LogP contribution in [0.4, 0.5) is 0 Å². The molecule has 2 heterocycles. The second-order valence-electron chi connectivity index (χ2n) is 4.53. The number of amides is 1. The van der Waals surface area contributed by atoms with Crippen molar-refractivity contribution in [1.29, 1.82) is 0 Å². The molecule has 94 valence electrons. The molecule has 0 fully saturated rings. The van der Waals surface area contributed by atoms with Crippen LogP contribution in [-0.2, 0) is 22.6 Å². The highest BCUT2D eigenvalue weighted by Crippen LogP contribution is 2.16. The van der Waals surface area contributed by atoms with E-state index in [-0.39, 0.29) is 12.0 Å². The molecule has 1 aliphatic heterocycles. The maximum absolute atomic E-state index is 12.0. The summed E-state index contributed by atoms with van der Waals surface area (Å²) in [7, 11) is 1.71. The maximum Gasteiger partial charge on any atom is 0.222 e. The highest BCUT2D eigenvalue weighted by molar-refractivity contribution is 5.76. The normalized spacial score (nSPS) is 19.9. The van der Waals surface area contributed by atoms with Crippen molar-refractivity contribution in [2.24, 2.45) is 0 Å². The standard InChI is InChI=1S/C13H20N2O2/c1-3-5-13(16)15-8-11-6-4-7-14(11)9-12(10-15)17-2/h4,6-7,12H,3,5,8-10H2,1-2H3. The van der Waals surface area contributed by atoms with Gasteiger partial charge in [0.05, 0.1) is 19.2 Å². The zero-order valence-electron chi connectivity index (χ0n) is 10.6. The van der Waals surface area contributed by atoms with Crippen LogP contribution in [0.25, 0.3) is 0 Å². The Bertz CT molecular complexity index is 387. The fourth-order valence-electron chi connectivity index (χ4n) is 2.27. The second-order valence-corrected chi connectivity index (χ2v) is 4.53. The summed E-state index contributed by atoms with van der Waals surface area (Å²) in [4.78, 5) is 13.9. The van der Waals surface area contributed by atoms with Crippen LogP contribution in [0, 0.1) is 0 Å². The first-order chi connectivity index (χ1) is 8.24. The lowest BCUT2D eigenvalue weighted by Crippen LogP contribution is -2.36. The third-order valence-electron chi connectivity index (χ3n) is 3.25. The van der Waals surface area contributed by atoms with Crippen molar-refractivity contribution in [3.8, 4) is 0 Å². The van der Waals surface area contributed by atoms with E-state index < -0.39 is 0 Å². The van der Waals surface area contributed by atoms with Crippen LogP contribution >= 0.6 is 0 Å². The van der Waals surface area contributed by atoms with Crippen molar-refractivity contribution >= 4 is 5.91 Å². The molecule has 0 aliphatic carbocycles. The number of hydrogen-bond acceptors (Lipinski definition) is 2. The predicted molar refractivity (Wildman–Crippen MR) is 65.6 cm³/mol. The number of hydrogen-bond donors (Lipinski definition) is 0. The average Bonchev–Trinajstić information content (AvgIpc) is 2.67. The zero-order valence-corrected chi connectivity index (χ0v) is 10.6. The number of rotatable bonds is 3. The van der Waals surface area contributed by atoms with Gasteiger partial charge in [-0.1, -0.05) is 6.92 Å². The van der Waals surface area contributed by atoms with E-state index in [1.165, 1.54) is 5.69 Å². The van der Waals surface area contributed by atoms with Crippen molar-refractivity contribution in [3.05, 3.63) is 24.0 Å². The van der Waals surface area contributed by atoms with E-state index in [0.717, 1.165) is 13.0 Å². The van der Waals surface area contributed by atoms with Gasteiger partial charge in [-0.25, -0.2) is 0 Å². The molecule has 1 aromatic rings. The number of ether oxygens (including phenoxy) is 1. The van der Waals surface area contributed by atoms with E-state index >= 15 is 0 Å². The molecular formula is C13H20N2O2. The van der Waals surface area contributed by atoms with Crippen molar-refractivity contribution in [3.63, 3.8) is 0 Å². The summed E-state index contributed by atoms with van der Waals surface area (Å²) in [5.74, 6) is 0.226. The van der Waals surface area contributed by atoms with Gasteiger partial charge in [-0.15, -0.1) is 0 Å². The van der Waals surface area contributed by atoms with Crippen molar-refractivity contribution in [1.82, 2.24) is 9.47 Å². The lowest BCUT2D eigenvalue weighted by molar-refractivity contribution is -0.133. The fraction of sp³-hybridized carbons (Fsp3) is 0.615. The lowest BCUT2D eigenvalue weighted by Gasteiger charge is -2.23. The van der Waals surface area contributed by atoms with Gasteiger partial charge in [0.25, 0.3) is 0 Å². The summed E-state index contributed by atoms with van der Waals surface area (Å²) in [6, 6.07) is 4.10. The van der Waals surface area contributed by atoms with E-state index in [1.54, 1.807) is 7.11 Å². The molecular weight excluding hydrogens is 216 g/mol. The second kappa shape index (κ2) is 5.36. The van der Waals surface area contributed by atoms with Crippen LogP contribution in [-0.4, -0.2) is 35.1 Å². The molecule has 17 heavy (non-hydrogen) atoms. The van der Waals surface area contributed by atoms with E-state index in [9.17, 15) is 4.79 Å². The first kappa shape index (κ1) is 12.2. The van der Waals surface area contributed by atoms with Crippen molar-refractivity contribution < 1.29 is 9.53 Å². The Hall–Kier alpha value is -1.29. The van der Waals surface area contributed by atoms with Crippen LogP contribution in [0.3, 0.4) is 0 Å². The quantitative estimate of drug-likeness (QED) is 0.799. The Labute approximate surface area is 102 Å². The smallest absolute Gasteiger partial charge is 0.222 e. The molecule has 0 saturated carbocycles. The number of aromatic nitrogens is 1. The van der Waals surface area contributed by atoms with Crippen LogP contribution in [0.1, 0.15) is 25.5 Å². The average molecular weight is 236 g/mol. The van der Waals surface area contributed by atoms with E-state index in [0.29, 0.717) is 19.5 Å². The molecule has 4 nitrogen and oxygen atoms in total. The first-order valence-corrected chi connectivity index (χ1v) is 6.19. The van der Waals surface area contributed by atoms with E-state index in [4.69, 9.17) is 4.74 Å². The van der Waals surface area contributed by atoms with Gasteiger partial charge >= 0.3 is 0 Å². The summed E-state index contributed by atoms with van der Waals surface area (Å²) >= 11 is 0. The Kier molecular flexibility index (Phi) is 3.84. The Morgan fingerprint density at radius 3 is 3.06 bits per heavy atom. The van der Waals surface area contributed by atoms with Gasteiger partial charge in [-0.05, 0) is 18.6 Å². The fourth-order valence-corrected chi connectivity index (χ4v) is 2.27. The Morgan fingerprint density at radius 2 is 2.35 bits per heavy atom. The number of carbonyl (C=O) groups excluding carboxylic acids is 1. The largest absolute Gasteiger partial charge is 0.378 e. The highest BCUT2D eigenvalue weighted by Gasteiger charge is 2.23. The minimum Gasteiger partial charge on any atom is -0.378 e. The summed E-state index contributed by atoms with van der Waals surface area (Å²) in [6.07, 6.45) is 3.66.